The molecule has 3 heterocycles. The van der Waals surface area contributed by atoms with Gasteiger partial charge in [-0.25, -0.2) is 0 Å². The number of rotatable bonds is 6. The Morgan fingerprint density at radius 2 is 2.08 bits per heavy atom. The highest BCUT2D eigenvalue weighted by Crippen LogP contribution is 2.27. The second-order valence-corrected chi connectivity index (χ2v) is 6.43. The molecule has 1 aliphatic heterocycles. The quantitative estimate of drug-likeness (QED) is 0.844. The summed E-state index contributed by atoms with van der Waals surface area (Å²) >= 11 is 0. The van der Waals surface area contributed by atoms with Crippen molar-refractivity contribution in [2.24, 2.45) is 7.05 Å². The lowest BCUT2D eigenvalue weighted by Crippen LogP contribution is -2.39. The number of aryl methyl sites for hydroxylation is 2. The third-order valence-electron chi connectivity index (χ3n) is 4.74. The minimum atomic E-state index is -0.912. The number of aromatic nitrogens is 4. The minimum absolute atomic E-state index is 0.134. The first kappa shape index (κ1) is 17.2. The molecule has 0 aromatic carbocycles. The van der Waals surface area contributed by atoms with Crippen molar-refractivity contribution in [2.45, 2.75) is 38.1 Å². The van der Waals surface area contributed by atoms with E-state index in [1.165, 1.54) is 4.68 Å². The van der Waals surface area contributed by atoms with Crippen molar-refractivity contribution in [3.63, 3.8) is 0 Å². The SMILES string of the molecule is Cn1nccc1CCC(=O)N1CCCC(c2ccnn2CC(=O)O)C1. The van der Waals surface area contributed by atoms with Crippen molar-refractivity contribution in [1.29, 1.82) is 0 Å². The molecule has 2 aromatic rings. The maximum atomic E-state index is 12.6. The normalized spacial score (nSPS) is 17.6. The van der Waals surface area contributed by atoms with Crippen molar-refractivity contribution in [2.75, 3.05) is 13.1 Å². The number of aliphatic carboxylic acids is 1. The summed E-state index contributed by atoms with van der Waals surface area (Å²) in [6, 6.07) is 3.79. The lowest BCUT2D eigenvalue weighted by molar-refractivity contribution is -0.138. The van der Waals surface area contributed by atoms with Crippen LogP contribution in [0.25, 0.3) is 0 Å². The fraction of sp³-hybridized carbons (Fsp3) is 0.529. The lowest BCUT2D eigenvalue weighted by atomic mass is 9.94. The lowest BCUT2D eigenvalue weighted by Gasteiger charge is -2.33. The number of carboxylic acids is 1. The molecule has 134 valence electrons. The number of carbonyl (C=O) groups excluding carboxylic acids is 1. The Morgan fingerprint density at radius 3 is 2.80 bits per heavy atom. The molecule has 8 nitrogen and oxygen atoms in total. The van der Waals surface area contributed by atoms with Crippen LogP contribution in [0, 0.1) is 0 Å². The van der Waals surface area contributed by atoms with Crippen LogP contribution < -0.4 is 0 Å². The molecule has 1 unspecified atom stereocenters. The number of nitrogens with zero attached hydrogens (tertiary/aromatic N) is 5. The Labute approximate surface area is 146 Å². The number of hydrogen-bond acceptors (Lipinski definition) is 4. The molecule has 1 fully saturated rings. The van der Waals surface area contributed by atoms with Crippen molar-refractivity contribution < 1.29 is 14.7 Å². The van der Waals surface area contributed by atoms with Crippen LogP contribution in [0.5, 0.6) is 0 Å². The van der Waals surface area contributed by atoms with Crippen molar-refractivity contribution in [1.82, 2.24) is 24.5 Å². The molecule has 0 saturated carbocycles. The smallest absolute Gasteiger partial charge is 0.325 e. The van der Waals surface area contributed by atoms with E-state index in [0.29, 0.717) is 19.4 Å². The van der Waals surface area contributed by atoms with Crippen LogP contribution in [0.1, 0.15) is 36.6 Å². The number of piperidine rings is 1. The van der Waals surface area contributed by atoms with E-state index in [-0.39, 0.29) is 18.4 Å². The monoisotopic (exact) mass is 345 g/mol. The molecule has 2 aromatic heterocycles. The van der Waals surface area contributed by atoms with Crippen molar-refractivity contribution in [3.8, 4) is 0 Å². The van der Waals surface area contributed by atoms with Gasteiger partial charge in [0, 0.05) is 56.3 Å². The Balaban J connectivity index is 1.61. The number of carbonyl (C=O) groups is 2. The summed E-state index contributed by atoms with van der Waals surface area (Å²) in [5.41, 5.74) is 1.94. The zero-order valence-corrected chi connectivity index (χ0v) is 14.3. The Kier molecular flexibility index (Phi) is 5.16. The zero-order valence-electron chi connectivity index (χ0n) is 14.3. The minimum Gasteiger partial charge on any atom is -0.480 e. The third-order valence-corrected chi connectivity index (χ3v) is 4.74. The topological polar surface area (TPSA) is 93.3 Å². The molecule has 1 amide bonds. The number of carboxylic acid groups (broad SMARTS) is 1. The summed E-state index contributed by atoms with van der Waals surface area (Å²) in [6.07, 6.45) is 6.35. The Morgan fingerprint density at radius 1 is 1.28 bits per heavy atom. The van der Waals surface area contributed by atoms with E-state index >= 15 is 0 Å². The average molecular weight is 345 g/mol. The number of likely N-dealkylation sites (tertiary alicyclic amines) is 1. The summed E-state index contributed by atoms with van der Waals surface area (Å²) in [6.45, 7) is 1.23. The van der Waals surface area contributed by atoms with Crippen molar-refractivity contribution >= 4 is 11.9 Å². The maximum Gasteiger partial charge on any atom is 0.325 e. The highest BCUT2D eigenvalue weighted by molar-refractivity contribution is 5.76. The molecule has 0 radical (unpaired) electrons. The van der Waals surface area contributed by atoms with Crippen LogP contribution in [0.15, 0.2) is 24.5 Å². The van der Waals surface area contributed by atoms with Gasteiger partial charge in [0.2, 0.25) is 5.91 Å². The van der Waals surface area contributed by atoms with Crippen LogP contribution in [-0.2, 0) is 29.6 Å². The van der Waals surface area contributed by atoms with Gasteiger partial charge < -0.3 is 10.0 Å². The molecule has 0 bridgehead atoms. The Hall–Kier alpha value is -2.64. The predicted octanol–water partition coefficient (Wildman–Crippen LogP) is 1.04. The second-order valence-electron chi connectivity index (χ2n) is 6.43. The first-order valence-electron chi connectivity index (χ1n) is 8.52. The van der Waals surface area contributed by atoms with Gasteiger partial charge in [-0.05, 0) is 31.4 Å². The van der Waals surface area contributed by atoms with Gasteiger partial charge >= 0.3 is 5.97 Å². The van der Waals surface area contributed by atoms with E-state index in [1.54, 1.807) is 17.1 Å². The predicted molar refractivity (Wildman–Crippen MR) is 89.9 cm³/mol. The first-order valence-corrected chi connectivity index (χ1v) is 8.52. The molecule has 1 N–H and O–H groups in total. The largest absolute Gasteiger partial charge is 0.480 e. The molecular weight excluding hydrogens is 322 g/mol. The summed E-state index contributed by atoms with van der Waals surface area (Å²) in [4.78, 5) is 25.4. The van der Waals surface area contributed by atoms with Gasteiger partial charge in [0.15, 0.2) is 0 Å². The highest BCUT2D eigenvalue weighted by Gasteiger charge is 2.27. The number of amides is 1. The molecule has 1 aliphatic rings. The van der Waals surface area contributed by atoms with E-state index < -0.39 is 5.97 Å². The fourth-order valence-electron chi connectivity index (χ4n) is 3.43. The summed E-state index contributed by atoms with van der Waals surface area (Å²) in [5.74, 6) is -0.642. The van der Waals surface area contributed by atoms with Crippen molar-refractivity contribution in [3.05, 3.63) is 35.9 Å². The summed E-state index contributed by atoms with van der Waals surface area (Å²) in [5, 5.41) is 17.2. The maximum absolute atomic E-state index is 12.6. The van der Waals surface area contributed by atoms with Gasteiger partial charge in [0.05, 0.1) is 0 Å². The third kappa shape index (κ3) is 4.07. The van der Waals surface area contributed by atoms with Gasteiger partial charge in [-0.3, -0.25) is 19.0 Å². The second kappa shape index (κ2) is 7.50. The van der Waals surface area contributed by atoms with E-state index in [0.717, 1.165) is 30.8 Å². The molecule has 0 aliphatic carbocycles. The standard InChI is InChI=1S/C17H23N5O3/c1-20-14(6-8-18-20)4-5-16(23)21-10-2-3-13(11-21)15-7-9-19-22(15)12-17(24)25/h6-9,13H,2-5,10-12H2,1H3,(H,24,25). The molecule has 1 atom stereocenters. The van der Waals surface area contributed by atoms with Gasteiger partial charge in [-0.15, -0.1) is 0 Å². The van der Waals surface area contributed by atoms with Crippen LogP contribution in [0.2, 0.25) is 0 Å². The molecular formula is C17H23N5O3. The average Bonchev–Trinajstić information content (AvgIpc) is 3.21. The molecule has 0 spiro atoms. The molecule has 8 heteroatoms. The zero-order chi connectivity index (χ0) is 17.8. The molecule has 3 rings (SSSR count). The van der Waals surface area contributed by atoms with E-state index in [4.69, 9.17) is 5.11 Å². The van der Waals surface area contributed by atoms with Crippen LogP contribution in [-0.4, -0.2) is 54.5 Å². The Bertz CT molecular complexity index is 751. The van der Waals surface area contributed by atoms with E-state index in [1.807, 2.05) is 24.1 Å². The first-order chi connectivity index (χ1) is 12.0. The van der Waals surface area contributed by atoms with Crippen LogP contribution in [0.3, 0.4) is 0 Å². The summed E-state index contributed by atoms with van der Waals surface area (Å²) < 4.78 is 3.31. The van der Waals surface area contributed by atoms with Crippen LogP contribution >= 0.6 is 0 Å². The van der Waals surface area contributed by atoms with Gasteiger partial charge in [-0.1, -0.05) is 0 Å². The highest BCUT2D eigenvalue weighted by atomic mass is 16.4. The molecule has 25 heavy (non-hydrogen) atoms. The fourth-order valence-corrected chi connectivity index (χ4v) is 3.43. The van der Waals surface area contributed by atoms with Gasteiger partial charge in [-0.2, -0.15) is 10.2 Å². The van der Waals surface area contributed by atoms with E-state index in [9.17, 15) is 9.59 Å². The number of hydrogen-bond donors (Lipinski definition) is 1. The van der Waals surface area contributed by atoms with Gasteiger partial charge in [0.1, 0.15) is 6.54 Å². The summed E-state index contributed by atoms with van der Waals surface area (Å²) in [7, 11) is 1.88. The van der Waals surface area contributed by atoms with Crippen LogP contribution in [0.4, 0.5) is 0 Å². The van der Waals surface area contributed by atoms with Gasteiger partial charge in [0.25, 0.3) is 0 Å². The molecule has 1 saturated heterocycles. The van der Waals surface area contributed by atoms with E-state index in [2.05, 4.69) is 10.2 Å².